The number of amides is 1. The van der Waals surface area contributed by atoms with Crippen molar-refractivity contribution < 1.29 is 4.79 Å². The van der Waals surface area contributed by atoms with E-state index in [1.807, 2.05) is 6.92 Å². The lowest BCUT2D eigenvalue weighted by Crippen LogP contribution is -2.48. The van der Waals surface area contributed by atoms with Crippen molar-refractivity contribution >= 4 is 5.91 Å². The van der Waals surface area contributed by atoms with Crippen LogP contribution < -0.4 is 11.1 Å². The van der Waals surface area contributed by atoms with Crippen LogP contribution in [-0.2, 0) is 4.79 Å². The van der Waals surface area contributed by atoms with E-state index >= 15 is 0 Å². The van der Waals surface area contributed by atoms with Gasteiger partial charge >= 0.3 is 0 Å². The molecule has 1 saturated heterocycles. The van der Waals surface area contributed by atoms with Crippen LogP contribution in [0.5, 0.6) is 0 Å². The van der Waals surface area contributed by atoms with Crippen molar-refractivity contribution in [2.75, 3.05) is 19.6 Å². The first-order valence-electron chi connectivity index (χ1n) is 5.92. The van der Waals surface area contributed by atoms with Crippen LogP contribution in [0.2, 0.25) is 0 Å². The van der Waals surface area contributed by atoms with Gasteiger partial charge in [-0.3, -0.25) is 9.69 Å². The summed E-state index contributed by atoms with van der Waals surface area (Å²) in [7, 11) is 0. The summed E-state index contributed by atoms with van der Waals surface area (Å²) in [5.74, 6) is -0.221. The van der Waals surface area contributed by atoms with Crippen LogP contribution in [0.1, 0.15) is 33.1 Å². The second kappa shape index (κ2) is 6.08. The summed E-state index contributed by atoms with van der Waals surface area (Å²) in [6.45, 7) is 7.02. The number of hydrogen-bond acceptors (Lipinski definition) is 3. The van der Waals surface area contributed by atoms with E-state index < -0.39 is 0 Å². The van der Waals surface area contributed by atoms with E-state index in [4.69, 9.17) is 5.73 Å². The Bertz CT molecular complexity index is 202. The van der Waals surface area contributed by atoms with Gasteiger partial charge in [-0.05, 0) is 39.3 Å². The van der Waals surface area contributed by atoms with Crippen LogP contribution in [0, 0.1) is 0 Å². The highest BCUT2D eigenvalue weighted by atomic mass is 16.1. The fourth-order valence-electron chi connectivity index (χ4n) is 2.11. The number of rotatable bonds is 6. The molecular formula is C11H23N3O. The molecule has 1 amide bonds. The predicted octanol–water partition coefficient (Wildman–Crippen LogP) is 0.324. The van der Waals surface area contributed by atoms with Crippen LogP contribution in [-0.4, -0.2) is 42.5 Å². The largest absolute Gasteiger partial charge is 0.368 e. The van der Waals surface area contributed by atoms with Crippen LogP contribution in [0.25, 0.3) is 0 Å². The Balaban J connectivity index is 2.44. The normalized spacial score (nSPS) is 23.3. The standard InChI is InChI=1S/C11H23N3O/c1-3-7-14(9(2)11(12)15)8-10-5-4-6-13-10/h9-10,13H,3-8H2,1-2H3,(H2,12,15). The monoisotopic (exact) mass is 213 g/mol. The Kier molecular flexibility index (Phi) is 5.05. The molecule has 0 radical (unpaired) electrons. The minimum Gasteiger partial charge on any atom is -0.368 e. The summed E-state index contributed by atoms with van der Waals surface area (Å²) < 4.78 is 0. The van der Waals surface area contributed by atoms with Crippen molar-refractivity contribution in [3.05, 3.63) is 0 Å². The van der Waals surface area contributed by atoms with Crippen LogP contribution in [0.15, 0.2) is 0 Å². The fourth-order valence-corrected chi connectivity index (χ4v) is 2.11. The smallest absolute Gasteiger partial charge is 0.234 e. The predicted molar refractivity (Wildman–Crippen MR) is 61.5 cm³/mol. The zero-order valence-corrected chi connectivity index (χ0v) is 9.83. The summed E-state index contributed by atoms with van der Waals surface area (Å²) >= 11 is 0. The van der Waals surface area contributed by atoms with Crippen molar-refractivity contribution in [1.82, 2.24) is 10.2 Å². The van der Waals surface area contributed by atoms with Crippen LogP contribution in [0.3, 0.4) is 0 Å². The summed E-state index contributed by atoms with van der Waals surface area (Å²) in [6.07, 6.45) is 3.52. The molecule has 0 aromatic heterocycles. The molecule has 0 aliphatic carbocycles. The summed E-state index contributed by atoms with van der Waals surface area (Å²) in [5.41, 5.74) is 5.34. The Morgan fingerprint density at radius 1 is 1.67 bits per heavy atom. The summed E-state index contributed by atoms with van der Waals surface area (Å²) in [6, 6.07) is 0.394. The maximum atomic E-state index is 11.1. The molecule has 88 valence electrons. The molecule has 2 unspecified atom stereocenters. The molecule has 3 N–H and O–H groups in total. The molecule has 4 heteroatoms. The van der Waals surface area contributed by atoms with Gasteiger partial charge in [-0.15, -0.1) is 0 Å². The van der Waals surface area contributed by atoms with Gasteiger partial charge in [-0.1, -0.05) is 6.92 Å². The third-order valence-corrected chi connectivity index (χ3v) is 3.09. The molecule has 1 aliphatic heterocycles. The van der Waals surface area contributed by atoms with E-state index in [2.05, 4.69) is 17.1 Å². The number of carbonyl (C=O) groups is 1. The fraction of sp³-hybridized carbons (Fsp3) is 0.909. The van der Waals surface area contributed by atoms with Gasteiger partial charge in [0.05, 0.1) is 6.04 Å². The van der Waals surface area contributed by atoms with Gasteiger partial charge in [0.25, 0.3) is 0 Å². The van der Waals surface area contributed by atoms with E-state index in [1.165, 1.54) is 12.8 Å². The first-order valence-corrected chi connectivity index (χ1v) is 5.92. The lowest BCUT2D eigenvalue weighted by molar-refractivity contribution is -0.122. The SMILES string of the molecule is CCCN(CC1CCCN1)C(C)C(N)=O. The minimum absolute atomic E-state index is 0.146. The van der Waals surface area contributed by atoms with Crippen molar-refractivity contribution in [2.45, 2.75) is 45.2 Å². The lowest BCUT2D eigenvalue weighted by atomic mass is 10.1. The minimum atomic E-state index is -0.221. The molecule has 4 nitrogen and oxygen atoms in total. The van der Waals surface area contributed by atoms with E-state index in [-0.39, 0.29) is 11.9 Å². The van der Waals surface area contributed by atoms with E-state index in [1.54, 1.807) is 0 Å². The molecule has 2 atom stereocenters. The third-order valence-electron chi connectivity index (χ3n) is 3.09. The number of carbonyl (C=O) groups excluding carboxylic acids is 1. The first kappa shape index (κ1) is 12.5. The Morgan fingerprint density at radius 2 is 2.40 bits per heavy atom. The number of primary amides is 1. The van der Waals surface area contributed by atoms with E-state index in [0.29, 0.717) is 6.04 Å². The Morgan fingerprint density at radius 3 is 2.87 bits per heavy atom. The quantitative estimate of drug-likeness (QED) is 0.668. The second-order valence-corrected chi connectivity index (χ2v) is 4.37. The first-order chi connectivity index (χ1) is 7.15. The molecular weight excluding hydrogens is 190 g/mol. The van der Waals surface area contributed by atoms with Gasteiger partial charge in [0, 0.05) is 12.6 Å². The highest BCUT2D eigenvalue weighted by molar-refractivity contribution is 5.79. The van der Waals surface area contributed by atoms with Crippen molar-refractivity contribution in [3.63, 3.8) is 0 Å². The van der Waals surface area contributed by atoms with Crippen LogP contribution in [0.4, 0.5) is 0 Å². The highest BCUT2D eigenvalue weighted by Crippen LogP contribution is 2.09. The zero-order chi connectivity index (χ0) is 11.3. The number of nitrogens with two attached hydrogens (primary N) is 1. The third kappa shape index (κ3) is 3.80. The molecule has 1 fully saturated rings. The van der Waals surface area contributed by atoms with Crippen LogP contribution >= 0.6 is 0 Å². The van der Waals surface area contributed by atoms with Gasteiger partial charge in [0.1, 0.15) is 0 Å². The van der Waals surface area contributed by atoms with Gasteiger partial charge in [-0.25, -0.2) is 0 Å². The highest BCUT2D eigenvalue weighted by Gasteiger charge is 2.23. The lowest BCUT2D eigenvalue weighted by Gasteiger charge is -2.29. The second-order valence-electron chi connectivity index (χ2n) is 4.37. The molecule has 1 heterocycles. The topological polar surface area (TPSA) is 58.4 Å². The maximum absolute atomic E-state index is 11.1. The average Bonchev–Trinajstić information content (AvgIpc) is 2.68. The number of nitrogens with one attached hydrogen (secondary N) is 1. The Labute approximate surface area is 92.2 Å². The average molecular weight is 213 g/mol. The molecule has 0 spiro atoms. The molecule has 1 rings (SSSR count). The summed E-state index contributed by atoms with van der Waals surface area (Å²) in [5, 5.41) is 3.45. The molecule has 15 heavy (non-hydrogen) atoms. The Hall–Kier alpha value is -0.610. The van der Waals surface area contributed by atoms with Gasteiger partial charge in [0.15, 0.2) is 0 Å². The molecule has 0 bridgehead atoms. The van der Waals surface area contributed by atoms with E-state index in [9.17, 15) is 4.79 Å². The molecule has 0 saturated carbocycles. The number of hydrogen-bond donors (Lipinski definition) is 2. The number of nitrogens with zero attached hydrogens (tertiary/aromatic N) is 1. The van der Waals surface area contributed by atoms with Crippen molar-refractivity contribution in [1.29, 1.82) is 0 Å². The van der Waals surface area contributed by atoms with Gasteiger partial charge < -0.3 is 11.1 Å². The molecule has 0 aromatic rings. The van der Waals surface area contributed by atoms with E-state index in [0.717, 1.165) is 26.1 Å². The van der Waals surface area contributed by atoms with Gasteiger partial charge in [0.2, 0.25) is 5.91 Å². The molecule has 0 aromatic carbocycles. The summed E-state index contributed by atoms with van der Waals surface area (Å²) in [4.78, 5) is 13.3. The van der Waals surface area contributed by atoms with Crippen molar-refractivity contribution in [2.24, 2.45) is 5.73 Å². The van der Waals surface area contributed by atoms with Gasteiger partial charge in [-0.2, -0.15) is 0 Å². The zero-order valence-electron chi connectivity index (χ0n) is 9.83. The maximum Gasteiger partial charge on any atom is 0.234 e. The molecule has 1 aliphatic rings. The van der Waals surface area contributed by atoms with Crippen molar-refractivity contribution in [3.8, 4) is 0 Å².